The minimum atomic E-state index is -0.236. The van der Waals surface area contributed by atoms with Crippen LogP contribution >= 0.6 is 24.8 Å². The van der Waals surface area contributed by atoms with Gasteiger partial charge in [-0.25, -0.2) is 0 Å². The zero-order valence-corrected chi connectivity index (χ0v) is 22.8. The minimum Gasteiger partial charge on any atom is -0.358 e. The van der Waals surface area contributed by atoms with Crippen molar-refractivity contribution in [1.29, 1.82) is 0 Å². The predicted octanol–water partition coefficient (Wildman–Crippen LogP) is 4.42. The van der Waals surface area contributed by atoms with E-state index in [-0.39, 0.29) is 36.6 Å². The SMILES string of the molecule is CN1CCN=C1c1ccc(NC(=O)c2ccc(C(=O)Nc3ccc(C4=NCCN4C)cc3)cc2)cc1.Cl.Cl. The second kappa shape index (κ2) is 12.6. The van der Waals surface area contributed by atoms with Gasteiger partial charge < -0.3 is 20.4 Å². The second-order valence-electron chi connectivity index (χ2n) is 8.89. The van der Waals surface area contributed by atoms with Gasteiger partial charge in [-0.1, -0.05) is 0 Å². The van der Waals surface area contributed by atoms with E-state index in [2.05, 4.69) is 30.4 Å². The third kappa shape index (κ3) is 6.33. The molecule has 38 heavy (non-hydrogen) atoms. The molecule has 0 radical (unpaired) electrons. The maximum atomic E-state index is 12.7. The zero-order chi connectivity index (χ0) is 25.1. The quantitative estimate of drug-likeness (QED) is 0.473. The van der Waals surface area contributed by atoms with Gasteiger partial charge in [0, 0.05) is 60.8 Å². The second-order valence-corrected chi connectivity index (χ2v) is 8.89. The Kier molecular flexibility index (Phi) is 9.50. The Morgan fingerprint density at radius 3 is 1.24 bits per heavy atom. The van der Waals surface area contributed by atoms with E-state index in [1.54, 1.807) is 24.3 Å². The van der Waals surface area contributed by atoms with Gasteiger partial charge in [0.05, 0.1) is 13.1 Å². The molecule has 2 aliphatic heterocycles. The van der Waals surface area contributed by atoms with Gasteiger partial charge in [0.25, 0.3) is 11.8 Å². The van der Waals surface area contributed by atoms with Crippen molar-refractivity contribution in [3.63, 3.8) is 0 Å². The summed E-state index contributed by atoms with van der Waals surface area (Å²) in [4.78, 5) is 38.6. The first-order valence-corrected chi connectivity index (χ1v) is 11.9. The van der Waals surface area contributed by atoms with Gasteiger partial charge in [0.15, 0.2) is 0 Å². The molecule has 0 atom stereocenters. The number of anilines is 2. The molecule has 2 amide bonds. The third-order valence-corrected chi connectivity index (χ3v) is 6.33. The van der Waals surface area contributed by atoms with E-state index >= 15 is 0 Å². The number of amides is 2. The highest BCUT2D eigenvalue weighted by molar-refractivity contribution is 6.08. The molecular formula is C28H30Cl2N6O2. The summed E-state index contributed by atoms with van der Waals surface area (Å²) >= 11 is 0. The summed E-state index contributed by atoms with van der Waals surface area (Å²) in [6, 6.07) is 21.9. The molecule has 198 valence electrons. The monoisotopic (exact) mass is 552 g/mol. The van der Waals surface area contributed by atoms with Crippen LogP contribution in [0.15, 0.2) is 82.8 Å². The molecule has 0 unspecified atom stereocenters. The van der Waals surface area contributed by atoms with Crippen molar-refractivity contribution in [2.45, 2.75) is 0 Å². The fourth-order valence-corrected chi connectivity index (χ4v) is 4.27. The average molecular weight is 553 g/mol. The summed E-state index contributed by atoms with van der Waals surface area (Å²) in [6.07, 6.45) is 0. The van der Waals surface area contributed by atoms with Gasteiger partial charge >= 0.3 is 0 Å². The first-order chi connectivity index (χ1) is 17.5. The van der Waals surface area contributed by atoms with E-state index in [1.165, 1.54) is 0 Å². The highest BCUT2D eigenvalue weighted by atomic mass is 35.5. The average Bonchev–Trinajstić information content (AvgIpc) is 3.53. The molecule has 0 aromatic heterocycles. The van der Waals surface area contributed by atoms with Gasteiger partial charge in [-0.3, -0.25) is 19.6 Å². The molecule has 5 rings (SSSR count). The molecule has 2 heterocycles. The number of nitrogens with zero attached hydrogens (tertiary/aromatic N) is 4. The van der Waals surface area contributed by atoms with Crippen molar-refractivity contribution in [2.24, 2.45) is 9.98 Å². The van der Waals surface area contributed by atoms with E-state index in [9.17, 15) is 9.59 Å². The molecule has 0 aliphatic carbocycles. The van der Waals surface area contributed by atoms with Crippen LogP contribution < -0.4 is 10.6 Å². The van der Waals surface area contributed by atoms with Crippen LogP contribution in [-0.2, 0) is 0 Å². The molecule has 0 saturated carbocycles. The Morgan fingerprint density at radius 2 is 0.947 bits per heavy atom. The van der Waals surface area contributed by atoms with E-state index in [1.807, 2.05) is 62.6 Å². The van der Waals surface area contributed by atoms with Crippen LogP contribution in [0.2, 0.25) is 0 Å². The van der Waals surface area contributed by atoms with Crippen molar-refractivity contribution in [3.05, 3.63) is 95.1 Å². The van der Waals surface area contributed by atoms with E-state index in [0.717, 1.165) is 49.0 Å². The van der Waals surface area contributed by atoms with Crippen LogP contribution in [0.1, 0.15) is 31.8 Å². The van der Waals surface area contributed by atoms with Crippen molar-refractivity contribution < 1.29 is 9.59 Å². The number of amidine groups is 2. The molecule has 0 bridgehead atoms. The number of hydrogen-bond donors (Lipinski definition) is 2. The number of aliphatic imine (C=N–C) groups is 2. The third-order valence-electron chi connectivity index (χ3n) is 6.33. The summed E-state index contributed by atoms with van der Waals surface area (Å²) in [5, 5.41) is 5.80. The molecule has 10 heteroatoms. The van der Waals surface area contributed by atoms with Gasteiger partial charge in [-0.2, -0.15) is 0 Å². The highest BCUT2D eigenvalue weighted by Gasteiger charge is 2.16. The molecule has 2 aliphatic rings. The Balaban J connectivity index is 0.00000200. The van der Waals surface area contributed by atoms with Crippen molar-refractivity contribution in [3.8, 4) is 0 Å². The smallest absolute Gasteiger partial charge is 0.255 e. The fourth-order valence-electron chi connectivity index (χ4n) is 4.27. The molecule has 3 aromatic rings. The van der Waals surface area contributed by atoms with Gasteiger partial charge in [-0.15, -0.1) is 24.8 Å². The standard InChI is InChI=1S/C28H28N6O2.2ClH/c1-33-17-15-29-25(33)19-7-11-23(12-8-19)31-27(35)21-3-5-22(6-4-21)28(36)32-24-13-9-20(10-14-24)26-30-16-18-34(26)2;;/h3-14H,15-18H2,1-2H3,(H,31,35)(H,32,36);2*1H. The first kappa shape index (κ1) is 28.7. The summed E-state index contributed by atoms with van der Waals surface area (Å²) in [7, 11) is 4.04. The molecule has 8 nitrogen and oxygen atoms in total. The first-order valence-electron chi connectivity index (χ1n) is 11.9. The molecule has 0 spiro atoms. The summed E-state index contributed by atoms with van der Waals surface area (Å²) in [5.74, 6) is 1.46. The van der Waals surface area contributed by atoms with E-state index < -0.39 is 0 Å². The Bertz CT molecular complexity index is 1230. The van der Waals surface area contributed by atoms with Crippen molar-refractivity contribution in [2.75, 3.05) is 50.9 Å². The minimum absolute atomic E-state index is 0. The Labute approximate surface area is 234 Å². The molecule has 2 N–H and O–H groups in total. The van der Waals surface area contributed by atoms with Gasteiger partial charge in [0.1, 0.15) is 11.7 Å². The summed E-state index contributed by atoms with van der Waals surface area (Å²) in [6.45, 7) is 3.45. The van der Waals surface area contributed by atoms with Gasteiger partial charge in [0.2, 0.25) is 0 Å². The largest absolute Gasteiger partial charge is 0.358 e. The van der Waals surface area contributed by atoms with Crippen LogP contribution in [0.3, 0.4) is 0 Å². The van der Waals surface area contributed by atoms with Crippen LogP contribution in [0.5, 0.6) is 0 Å². The van der Waals surface area contributed by atoms with E-state index in [4.69, 9.17) is 0 Å². The number of rotatable bonds is 6. The van der Waals surface area contributed by atoms with Crippen LogP contribution in [0, 0.1) is 0 Å². The highest BCUT2D eigenvalue weighted by Crippen LogP contribution is 2.17. The van der Waals surface area contributed by atoms with Crippen molar-refractivity contribution >= 4 is 59.7 Å². The normalized spacial score (nSPS) is 14.2. The fraction of sp³-hybridized carbons (Fsp3) is 0.214. The predicted molar refractivity (Wildman–Crippen MR) is 158 cm³/mol. The number of likely N-dealkylation sites (N-methyl/N-ethyl adjacent to an activating group) is 2. The topological polar surface area (TPSA) is 89.4 Å². The molecule has 0 saturated heterocycles. The number of carbonyl (C=O) groups excluding carboxylic acids is 2. The van der Waals surface area contributed by atoms with Crippen molar-refractivity contribution in [1.82, 2.24) is 9.80 Å². The van der Waals surface area contributed by atoms with Crippen LogP contribution in [0.25, 0.3) is 0 Å². The zero-order valence-electron chi connectivity index (χ0n) is 21.2. The lowest BCUT2D eigenvalue weighted by atomic mass is 10.1. The number of nitrogens with one attached hydrogen (secondary N) is 2. The van der Waals surface area contributed by atoms with Crippen LogP contribution in [-0.4, -0.2) is 73.6 Å². The summed E-state index contributed by atoms with van der Waals surface area (Å²) in [5.41, 5.74) is 4.40. The van der Waals surface area contributed by atoms with Crippen LogP contribution in [0.4, 0.5) is 11.4 Å². The van der Waals surface area contributed by atoms with Gasteiger partial charge in [-0.05, 0) is 72.8 Å². The number of carbonyl (C=O) groups is 2. The molecule has 0 fully saturated rings. The molecular weight excluding hydrogens is 523 g/mol. The Morgan fingerprint density at radius 1 is 0.605 bits per heavy atom. The lowest BCUT2D eigenvalue weighted by Gasteiger charge is -2.14. The number of halogens is 2. The number of benzene rings is 3. The Hall–Kier alpha value is -3.88. The maximum Gasteiger partial charge on any atom is 0.255 e. The lowest BCUT2D eigenvalue weighted by Crippen LogP contribution is -2.23. The molecule has 3 aromatic carbocycles. The maximum absolute atomic E-state index is 12.7. The van der Waals surface area contributed by atoms with E-state index in [0.29, 0.717) is 22.5 Å². The lowest BCUT2D eigenvalue weighted by molar-refractivity contribution is 0.101. The number of hydrogen-bond acceptors (Lipinski definition) is 6. The summed E-state index contributed by atoms with van der Waals surface area (Å²) < 4.78 is 0.